The van der Waals surface area contributed by atoms with Crippen LogP contribution in [0.3, 0.4) is 0 Å². The van der Waals surface area contributed by atoms with Crippen molar-refractivity contribution in [1.82, 2.24) is 9.55 Å². The van der Waals surface area contributed by atoms with Crippen molar-refractivity contribution in [1.29, 1.82) is 5.26 Å². The number of hydrogen-bond acceptors (Lipinski definition) is 12. The van der Waals surface area contributed by atoms with Crippen LogP contribution in [0.2, 0.25) is 0 Å². The predicted octanol–water partition coefficient (Wildman–Crippen LogP) is 4.21. The maximum Gasteiger partial charge on any atom is 0.697 e. The van der Waals surface area contributed by atoms with Gasteiger partial charge in [0.1, 0.15) is 37.1 Å². The fraction of sp³-hybridized carbons (Fsp3) is 0.351. The zero-order valence-corrected chi connectivity index (χ0v) is 30.4. The van der Waals surface area contributed by atoms with Crippen LogP contribution in [0, 0.1) is 16.7 Å². The first-order valence-corrected chi connectivity index (χ1v) is 18.4. The Hall–Kier alpha value is -4.29. The number of ether oxygens (including phenoxy) is 2. The summed E-state index contributed by atoms with van der Waals surface area (Å²) in [6.07, 6.45) is -2.23. The number of H-pyrrole nitrogens is 1. The first kappa shape index (κ1) is 38.9. The first-order valence-electron chi connectivity index (χ1n) is 16.3. The van der Waals surface area contributed by atoms with E-state index in [1.165, 1.54) is 0 Å². The summed E-state index contributed by atoms with van der Waals surface area (Å²) < 4.78 is 36.1. The van der Waals surface area contributed by atoms with Crippen LogP contribution in [-0.4, -0.2) is 68.3 Å². The first-order chi connectivity index (χ1) is 24.8. The number of nitrogens with one attached hydrogen (secondary N) is 1. The second kappa shape index (κ2) is 16.2. The van der Waals surface area contributed by atoms with E-state index >= 15 is 0 Å². The Bertz CT molecular complexity index is 1920. The van der Waals surface area contributed by atoms with E-state index in [-0.39, 0.29) is 24.1 Å². The molecule has 1 aromatic heterocycles. The van der Waals surface area contributed by atoms with Crippen molar-refractivity contribution in [3.8, 4) is 6.07 Å². The largest absolute Gasteiger partial charge is 0.697 e. The number of aromatic amines is 1. The summed E-state index contributed by atoms with van der Waals surface area (Å²) in [5.41, 5.74) is -5.81. The van der Waals surface area contributed by atoms with Crippen LogP contribution in [0.15, 0.2) is 113 Å². The molecule has 0 radical (unpaired) electrons. The molecule has 13 nitrogen and oxygen atoms in total. The SMILES string of the molecule is CC(C)(COC(c1ccccc1)(c1ccccc1)c1ccccc1)C(=O)SCCO[P+](=O)OC[C@H]1O[C@@](C#N)(n2ccc(=O)[nH]c2=O)[C@](C)(O)[C@@H]1O. The summed E-state index contributed by atoms with van der Waals surface area (Å²) in [6, 6.07) is 32.1. The van der Waals surface area contributed by atoms with Gasteiger partial charge in [-0.2, -0.15) is 5.26 Å². The molecule has 3 N–H and O–H groups in total. The van der Waals surface area contributed by atoms with Gasteiger partial charge in [-0.1, -0.05) is 103 Å². The molecule has 1 aliphatic heterocycles. The average molecular weight is 749 g/mol. The van der Waals surface area contributed by atoms with E-state index in [2.05, 4.69) is 0 Å². The lowest BCUT2D eigenvalue weighted by Gasteiger charge is -2.38. The van der Waals surface area contributed by atoms with E-state index in [1.54, 1.807) is 19.9 Å². The van der Waals surface area contributed by atoms with Crippen LogP contribution in [0.4, 0.5) is 0 Å². The fourth-order valence-corrected chi connectivity index (χ4v) is 7.49. The average Bonchev–Trinajstić information content (AvgIpc) is 3.34. The number of carbonyl (C=O) groups excluding carboxylic acids is 1. The summed E-state index contributed by atoms with van der Waals surface area (Å²) in [6.45, 7) is 4.02. The maximum atomic E-state index is 13.5. The molecule has 272 valence electrons. The Balaban J connectivity index is 1.17. The molecule has 0 amide bonds. The topological polar surface area (TPSA) is 190 Å². The standard InChI is InChI=1S/C37H38N3O10PS/c1-34(2,25-47-37(26-13-7-4-8-14-26,27-15-9-5-10-16-27)28-17-11-6-12-18-28)32(43)52-22-21-48-51(46)49-23-29-31(42)35(3,45)36(24-38,50-29)40-20-19-30(41)39-33(40)44/h4-20,29,31,42,45H,21-23,25H2,1-3H3/p+1/t29-,31-,35-,36-/m1/s1. The van der Waals surface area contributed by atoms with Gasteiger partial charge in [-0.3, -0.25) is 19.1 Å². The number of thioether (sulfide) groups is 1. The molecular formula is C37H39N3O10PS+. The summed E-state index contributed by atoms with van der Waals surface area (Å²) in [5.74, 6) is 0.137. The zero-order valence-electron chi connectivity index (χ0n) is 28.7. The molecule has 3 aromatic carbocycles. The summed E-state index contributed by atoms with van der Waals surface area (Å²) >= 11 is 0.990. The molecule has 52 heavy (non-hydrogen) atoms. The molecule has 1 fully saturated rings. The van der Waals surface area contributed by atoms with E-state index in [9.17, 15) is 34.4 Å². The van der Waals surface area contributed by atoms with Crippen LogP contribution in [0.25, 0.3) is 0 Å². The number of aromatic nitrogens is 2. The quantitative estimate of drug-likeness (QED) is 0.0894. The third-order valence-electron chi connectivity index (χ3n) is 8.85. The Kier molecular flexibility index (Phi) is 12.1. The van der Waals surface area contributed by atoms with Crippen LogP contribution in [0.5, 0.6) is 0 Å². The minimum Gasteiger partial charge on any atom is -0.387 e. The molecule has 0 aliphatic carbocycles. The van der Waals surface area contributed by atoms with Crippen molar-refractivity contribution in [2.24, 2.45) is 5.41 Å². The van der Waals surface area contributed by atoms with Gasteiger partial charge < -0.3 is 19.7 Å². The lowest BCUT2D eigenvalue weighted by atomic mass is 9.79. The third kappa shape index (κ3) is 7.73. The van der Waals surface area contributed by atoms with Crippen LogP contribution in [0.1, 0.15) is 37.5 Å². The smallest absolute Gasteiger partial charge is 0.387 e. The predicted molar refractivity (Wildman–Crippen MR) is 192 cm³/mol. The van der Waals surface area contributed by atoms with Gasteiger partial charge in [0.25, 0.3) is 11.3 Å². The molecule has 1 unspecified atom stereocenters. The van der Waals surface area contributed by atoms with Gasteiger partial charge in [-0.05, 0) is 37.5 Å². The van der Waals surface area contributed by atoms with E-state index in [0.29, 0.717) is 4.57 Å². The molecule has 5 atom stereocenters. The van der Waals surface area contributed by atoms with Gasteiger partial charge in [-0.15, -0.1) is 9.05 Å². The molecule has 5 rings (SSSR count). The van der Waals surface area contributed by atoms with Crippen LogP contribution >= 0.6 is 20.0 Å². The highest BCUT2D eigenvalue weighted by atomic mass is 32.2. The normalized spacial score (nSPS) is 22.1. The lowest BCUT2D eigenvalue weighted by Crippen LogP contribution is -2.58. The minimum atomic E-state index is -2.78. The Morgan fingerprint density at radius 3 is 2.02 bits per heavy atom. The van der Waals surface area contributed by atoms with Gasteiger partial charge in [0.2, 0.25) is 0 Å². The van der Waals surface area contributed by atoms with Crippen molar-refractivity contribution < 1.29 is 38.1 Å². The number of carbonyl (C=O) groups is 1. The monoisotopic (exact) mass is 748 g/mol. The summed E-state index contributed by atoms with van der Waals surface area (Å²) in [5, 5.41) is 31.6. The Morgan fingerprint density at radius 2 is 1.52 bits per heavy atom. The Morgan fingerprint density at radius 1 is 0.981 bits per heavy atom. The van der Waals surface area contributed by atoms with Crippen molar-refractivity contribution in [2.45, 2.75) is 49.9 Å². The molecule has 0 bridgehead atoms. The molecule has 2 heterocycles. The number of rotatable bonds is 15. The highest BCUT2D eigenvalue weighted by Crippen LogP contribution is 2.44. The van der Waals surface area contributed by atoms with Crippen molar-refractivity contribution in [3.63, 3.8) is 0 Å². The minimum absolute atomic E-state index is 0.0681. The van der Waals surface area contributed by atoms with E-state index < -0.39 is 60.7 Å². The lowest BCUT2D eigenvalue weighted by molar-refractivity contribution is -0.151. The maximum absolute atomic E-state index is 13.5. The van der Waals surface area contributed by atoms with Crippen molar-refractivity contribution >= 4 is 25.1 Å². The number of aliphatic hydroxyl groups excluding tert-OH is 1. The fourth-order valence-electron chi connectivity index (χ4n) is 5.98. The number of benzene rings is 3. The van der Waals surface area contributed by atoms with E-state index in [4.69, 9.17) is 18.5 Å². The zero-order chi connectivity index (χ0) is 37.6. The Labute approximate surface area is 305 Å². The van der Waals surface area contributed by atoms with Crippen molar-refractivity contribution in [2.75, 3.05) is 25.6 Å². The number of nitrogens with zero attached hydrogens (tertiary/aromatic N) is 2. The van der Waals surface area contributed by atoms with Gasteiger partial charge >= 0.3 is 13.9 Å². The van der Waals surface area contributed by atoms with E-state index in [1.807, 2.05) is 96.0 Å². The molecule has 4 aromatic rings. The second-order valence-electron chi connectivity index (χ2n) is 12.9. The second-order valence-corrected chi connectivity index (χ2v) is 15.0. The highest BCUT2D eigenvalue weighted by Gasteiger charge is 2.65. The molecule has 0 spiro atoms. The number of hydrogen-bond donors (Lipinski definition) is 3. The molecule has 0 saturated carbocycles. The highest BCUT2D eigenvalue weighted by molar-refractivity contribution is 8.13. The van der Waals surface area contributed by atoms with Gasteiger partial charge in [0.15, 0.2) is 10.7 Å². The molecule has 1 aliphatic rings. The van der Waals surface area contributed by atoms with Gasteiger partial charge in [0, 0.05) is 22.6 Å². The number of aliphatic hydroxyl groups is 2. The van der Waals surface area contributed by atoms with Crippen LogP contribution in [-0.2, 0) is 39.2 Å². The molecule has 15 heteroatoms. The van der Waals surface area contributed by atoms with Gasteiger partial charge in [0.05, 0.1) is 12.0 Å². The van der Waals surface area contributed by atoms with E-state index in [0.717, 1.165) is 47.6 Å². The van der Waals surface area contributed by atoms with Crippen molar-refractivity contribution in [3.05, 3.63) is 141 Å². The third-order valence-corrected chi connectivity index (χ3v) is 10.8. The van der Waals surface area contributed by atoms with Gasteiger partial charge in [-0.25, -0.2) is 4.79 Å². The van der Waals surface area contributed by atoms with Crippen LogP contribution < -0.4 is 11.2 Å². The molecule has 1 saturated heterocycles. The summed E-state index contributed by atoms with van der Waals surface area (Å²) in [7, 11) is -2.78. The number of nitriles is 1. The molecular weight excluding hydrogens is 709 g/mol. The summed E-state index contributed by atoms with van der Waals surface area (Å²) in [4.78, 5) is 39.4.